The van der Waals surface area contributed by atoms with Crippen molar-refractivity contribution in [1.29, 1.82) is 0 Å². The summed E-state index contributed by atoms with van der Waals surface area (Å²) in [5.41, 5.74) is 6.91. The number of benzene rings is 1. The van der Waals surface area contributed by atoms with Gasteiger partial charge in [0.15, 0.2) is 0 Å². The molecule has 0 unspecified atom stereocenters. The molecule has 19 heavy (non-hydrogen) atoms. The molecule has 5 heteroatoms. The number of fused-ring (bicyclic) bond motifs is 1. The number of nitrogens with zero attached hydrogens (tertiary/aromatic N) is 2. The molecular weight excluding hydrogens is 242 g/mol. The molecule has 1 aromatic carbocycles. The fourth-order valence-corrected chi connectivity index (χ4v) is 2.06. The minimum absolute atomic E-state index is 0.113. The molecular formula is C14H11N3O2. The molecule has 0 bridgehead atoms. The third kappa shape index (κ3) is 1.85. The van der Waals surface area contributed by atoms with Gasteiger partial charge in [0.25, 0.3) is 0 Å². The van der Waals surface area contributed by atoms with Gasteiger partial charge in [0.05, 0.1) is 16.6 Å². The van der Waals surface area contributed by atoms with Gasteiger partial charge >= 0.3 is 0 Å². The largest absolute Gasteiger partial charge is 0.460 e. The summed E-state index contributed by atoms with van der Waals surface area (Å²) in [4.78, 5) is 20.4. The summed E-state index contributed by atoms with van der Waals surface area (Å²) in [6, 6.07) is 8.76. The molecule has 2 heterocycles. The summed E-state index contributed by atoms with van der Waals surface area (Å²) >= 11 is 0. The number of nitrogen functional groups attached to an aromatic ring is 1. The highest BCUT2D eigenvalue weighted by molar-refractivity contribution is 5.81. The number of nitrogens with two attached hydrogens (primary N) is 1. The molecule has 3 rings (SSSR count). The first-order valence-corrected chi connectivity index (χ1v) is 5.78. The minimum atomic E-state index is -0.113. The van der Waals surface area contributed by atoms with E-state index in [9.17, 15) is 4.79 Å². The van der Waals surface area contributed by atoms with Crippen molar-refractivity contribution in [2.45, 2.75) is 6.92 Å². The van der Waals surface area contributed by atoms with Crippen LogP contribution in [0, 0.1) is 6.92 Å². The van der Waals surface area contributed by atoms with Crippen LogP contribution >= 0.6 is 0 Å². The van der Waals surface area contributed by atoms with Crippen LogP contribution in [0.3, 0.4) is 0 Å². The Bertz CT molecular complexity index is 824. The Morgan fingerprint density at radius 2 is 2.00 bits per heavy atom. The molecule has 0 saturated heterocycles. The highest BCUT2D eigenvalue weighted by Gasteiger charge is 2.14. The summed E-state index contributed by atoms with van der Waals surface area (Å²) < 4.78 is 5.67. The van der Waals surface area contributed by atoms with Crippen molar-refractivity contribution in [2.24, 2.45) is 0 Å². The van der Waals surface area contributed by atoms with Gasteiger partial charge in [-0.3, -0.25) is 4.79 Å². The standard InChI is InChI=1S/C14H11N3O2/c1-8-12(10-6-7-16-14(15)17-10)13(18)9-4-2-3-5-11(9)19-8/h2-7H,1H3,(H2,15,16,17). The molecule has 94 valence electrons. The first-order chi connectivity index (χ1) is 9.16. The van der Waals surface area contributed by atoms with E-state index in [1.807, 2.05) is 6.07 Å². The van der Waals surface area contributed by atoms with Gasteiger partial charge in [0.2, 0.25) is 11.4 Å². The Balaban J connectivity index is 2.39. The maximum Gasteiger partial charge on any atom is 0.220 e. The van der Waals surface area contributed by atoms with Gasteiger partial charge in [-0.1, -0.05) is 12.1 Å². The Labute approximate surface area is 108 Å². The zero-order valence-corrected chi connectivity index (χ0v) is 10.3. The van der Waals surface area contributed by atoms with Crippen LogP contribution in [0.1, 0.15) is 5.76 Å². The Morgan fingerprint density at radius 1 is 1.21 bits per heavy atom. The Morgan fingerprint density at radius 3 is 2.79 bits per heavy atom. The van der Waals surface area contributed by atoms with Gasteiger partial charge in [-0.15, -0.1) is 0 Å². The lowest BCUT2D eigenvalue weighted by Crippen LogP contribution is -2.09. The fourth-order valence-electron chi connectivity index (χ4n) is 2.06. The molecule has 0 radical (unpaired) electrons. The summed E-state index contributed by atoms with van der Waals surface area (Å²) in [5, 5.41) is 0.528. The predicted octanol–water partition coefficient (Wildman–Crippen LogP) is 2.14. The van der Waals surface area contributed by atoms with Gasteiger partial charge in [0, 0.05) is 6.20 Å². The van der Waals surface area contributed by atoms with Gasteiger partial charge < -0.3 is 10.2 Å². The topological polar surface area (TPSA) is 82.0 Å². The molecule has 0 amide bonds. The minimum Gasteiger partial charge on any atom is -0.460 e. The van der Waals surface area contributed by atoms with E-state index in [0.717, 1.165) is 0 Å². The van der Waals surface area contributed by atoms with Crippen LogP contribution in [-0.4, -0.2) is 9.97 Å². The lowest BCUT2D eigenvalue weighted by atomic mass is 10.1. The molecule has 0 saturated carbocycles. The van der Waals surface area contributed by atoms with E-state index in [0.29, 0.717) is 28.0 Å². The molecule has 2 aromatic heterocycles. The fraction of sp³-hybridized carbons (Fsp3) is 0.0714. The predicted molar refractivity (Wildman–Crippen MR) is 72.7 cm³/mol. The Hall–Kier alpha value is -2.69. The van der Waals surface area contributed by atoms with E-state index in [4.69, 9.17) is 10.2 Å². The number of aryl methyl sites for hydroxylation is 1. The molecule has 3 aromatic rings. The maximum absolute atomic E-state index is 12.5. The average Bonchev–Trinajstić information content (AvgIpc) is 2.39. The number of aromatic nitrogens is 2. The summed E-state index contributed by atoms with van der Waals surface area (Å²) in [7, 11) is 0. The molecule has 0 atom stereocenters. The van der Waals surface area contributed by atoms with Crippen molar-refractivity contribution in [1.82, 2.24) is 9.97 Å². The van der Waals surface area contributed by atoms with Crippen LogP contribution in [0.5, 0.6) is 0 Å². The SMILES string of the molecule is Cc1oc2ccccc2c(=O)c1-c1ccnc(N)n1. The molecule has 2 N–H and O–H groups in total. The van der Waals surface area contributed by atoms with Crippen LogP contribution in [0.15, 0.2) is 45.7 Å². The monoisotopic (exact) mass is 253 g/mol. The van der Waals surface area contributed by atoms with Crippen molar-refractivity contribution >= 4 is 16.9 Å². The second-order valence-electron chi connectivity index (χ2n) is 4.16. The van der Waals surface area contributed by atoms with E-state index in [1.165, 1.54) is 6.20 Å². The van der Waals surface area contributed by atoms with E-state index in [2.05, 4.69) is 9.97 Å². The summed E-state index contributed by atoms with van der Waals surface area (Å²) in [5.74, 6) is 0.645. The van der Waals surface area contributed by atoms with Gasteiger partial charge in [0.1, 0.15) is 11.3 Å². The van der Waals surface area contributed by atoms with Crippen LogP contribution in [0.25, 0.3) is 22.2 Å². The average molecular weight is 253 g/mol. The van der Waals surface area contributed by atoms with E-state index < -0.39 is 0 Å². The van der Waals surface area contributed by atoms with Crippen LogP contribution < -0.4 is 11.2 Å². The third-order valence-electron chi connectivity index (χ3n) is 2.90. The van der Waals surface area contributed by atoms with Crippen molar-refractivity contribution < 1.29 is 4.42 Å². The molecule has 5 nitrogen and oxygen atoms in total. The molecule has 0 aliphatic heterocycles. The zero-order valence-electron chi connectivity index (χ0n) is 10.3. The second-order valence-corrected chi connectivity index (χ2v) is 4.16. The molecule has 0 fully saturated rings. The van der Waals surface area contributed by atoms with E-state index in [-0.39, 0.29) is 11.4 Å². The van der Waals surface area contributed by atoms with Crippen LogP contribution in [0.2, 0.25) is 0 Å². The quantitative estimate of drug-likeness (QED) is 0.718. The van der Waals surface area contributed by atoms with Crippen LogP contribution in [-0.2, 0) is 0 Å². The molecule has 0 aliphatic carbocycles. The number of rotatable bonds is 1. The second kappa shape index (κ2) is 4.20. The van der Waals surface area contributed by atoms with Gasteiger partial charge in [-0.05, 0) is 25.1 Å². The lowest BCUT2D eigenvalue weighted by molar-refractivity contribution is 0.567. The normalized spacial score (nSPS) is 10.8. The van der Waals surface area contributed by atoms with Gasteiger partial charge in [-0.25, -0.2) is 9.97 Å². The number of anilines is 1. The summed E-state index contributed by atoms with van der Waals surface area (Å²) in [6.45, 7) is 1.74. The molecule has 0 aliphatic rings. The zero-order chi connectivity index (χ0) is 13.4. The lowest BCUT2D eigenvalue weighted by Gasteiger charge is -2.06. The number of para-hydroxylation sites is 1. The highest BCUT2D eigenvalue weighted by Crippen LogP contribution is 2.22. The number of hydrogen-bond donors (Lipinski definition) is 1. The Kier molecular flexibility index (Phi) is 2.52. The van der Waals surface area contributed by atoms with Crippen molar-refractivity contribution in [3.63, 3.8) is 0 Å². The maximum atomic E-state index is 12.5. The van der Waals surface area contributed by atoms with Crippen molar-refractivity contribution in [3.8, 4) is 11.3 Å². The van der Waals surface area contributed by atoms with E-state index >= 15 is 0 Å². The first-order valence-electron chi connectivity index (χ1n) is 5.78. The van der Waals surface area contributed by atoms with Crippen molar-refractivity contribution in [3.05, 3.63) is 52.5 Å². The highest BCUT2D eigenvalue weighted by atomic mass is 16.3. The summed E-state index contributed by atoms with van der Waals surface area (Å²) in [6.07, 6.45) is 1.52. The van der Waals surface area contributed by atoms with Crippen molar-refractivity contribution in [2.75, 3.05) is 5.73 Å². The first kappa shape index (κ1) is 11.4. The van der Waals surface area contributed by atoms with Crippen LogP contribution in [0.4, 0.5) is 5.95 Å². The van der Waals surface area contributed by atoms with E-state index in [1.54, 1.807) is 31.2 Å². The third-order valence-corrected chi connectivity index (χ3v) is 2.90. The smallest absolute Gasteiger partial charge is 0.220 e. The number of hydrogen-bond acceptors (Lipinski definition) is 5. The molecule has 0 spiro atoms. The van der Waals surface area contributed by atoms with Gasteiger partial charge in [-0.2, -0.15) is 0 Å².